The first kappa shape index (κ1) is 12.9. The summed E-state index contributed by atoms with van der Waals surface area (Å²) in [5, 5.41) is 3.44. The maximum atomic E-state index is 5.87. The van der Waals surface area contributed by atoms with Crippen molar-refractivity contribution in [2.45, 2.75) is 38.3 Å². The Labute approximate surface area is 116 Å². The SMILES string of the molecule is CCOc1nc(Cl)nc(NC2CCOC2C2CC2)n1. The van der Waals surface area contributed by atoms with E-state index in [9.17, 15) is 0 Å². The van der Waals surface area contributed by atoms with Crippen LogP contribution in [0.2, 0.25) is 5.28 Å². The van der Waals surface area contributed by atoms with Gasteiger partial charge in [-0.2, -0.15) is 15.0 Å². The van der Waals surface area contributed by atoms with Crippen LogP contribution in [0.3, 0.4) is 0 Å². The molecule has 0 radical (unpaired) electrons. The van der Waals surface area contributed by atoms with Crippen LogP contribution < -0.4 is 10.1 Å². The Balaban J connectivity index is 1.71. The molecule has 7 heteroatoms. The summed E-state index contributed by atoms with van der Waals surface area (Å²) in [6.07, 6.45) is 3.75. The fraction of sp³-hybridized carbons (Fsp3) is 0.750. The third-order valence-electron chi connectivity index (χ3n) is 3.40. The molecule has 0 aromatic carbocycles. The molecule has 104 valence electrons. The van der Waals surface area contributed by atoms with Gasteiger partial charge in [-0.05, 0) is 43.7 Å². The van der Waals surface area contributed by atoms with Gasteiger partial charge in [-0.3, -0.25) is 0 Å². The molecule has 0 spiro atoms. The molecule has 1 N–H and O–H groups in total. The van der Waals surface area contributed by atoms with Gasteiger partial charge in [-0.15, -0.1) is 0 Å². The number of anilines is 1. The number of ether oxygens (including phenoxy) is 2. The van der Waals surface area contributed by atoms with E-state index in [0.29, 0.717) is 18.5 Å². The monoisotopic (exact) mass is 284 g/mol. The van der Waals surface area contributed by atoms with Gasteiger partial charge >= 0.3 is 6.01 Å². The van der Waals surface area contributed by atoms with Crippen LogP contribution in [0.15, 0.2) is 0 Å². The zero-order chi connectivity index (χ0) is 13.2. The molecule has 0 bridgehead atoms. The first-order valence-electron chi connectivity index (χ1n) is 6.68. The van der Waals surface area contributed by atoms with E-state index in [1.54, 1.807) is 0 Å². The highest BCUT2D eigenvalue weighted by Gasteiger charge is 2.40. The van der Waals surface area contributed by atoms with E-state index in [4.69, 9.17) is 21.1 Å². The molecule has 1 aromatic heterocycles. The summed E-state index contributed by atoms with van der Waals surface area (Å²) in [5.41, 5.74) is 0. The molecule has 0 amide bonds. The van der Waals surface area contributed by atoms with Crippen molar-refractivity contribution < 1.29 is 9.47 Å². The molecule has 1 aromatic rings. The Hall–Kier alpha value is -1.14. The van der Waals surface area contributed by atoms with Crippen LogP contribution in [0.25, 0.3) is 0 Å². The molecule has 2 atom stereocenters. The van der Waals surface area contributed by atoms with E-state index in [-0.39, 0.29) is 23.4 Å². The molecule has 3 rings (SSSR count). The van der Waals surface area contributed by atoms with Gasteiger partial charge in [-0.1, -0.05) is 0 Å². The van der Waals surface area contributed by atoms with Crippen molar-refractivity contribution in [1.29, 1.82) is 0 Å². The molecule has 1 saturated carbocycles. The Morgan fingerprint density at radius 3 is 2.89 bits per heavy atom. The molecule has 1 aliphatic carbocycles. The number of nitrogens with one attached hydrogen (secondary N) is 1. The molecule has 1 aliphatic heterocycles. The lowest BCUT2D eigenvalue weighted by molar-refractivity contribution is 0.0897. The maximum Gasteiger partial charge on any atom is 0.322 e. The van der Waals surface area contributed by atoms with Gasteiger partial charge in [0.2, 0.25) is 11.2 Å². The second kappa shape index (κ2) is 5.46. The molecule has 2 unspecified atom stereocenters. The predicted molar refractivity (Wildman–Crippen MR) is 70.5 cm³/mol. The van der Waals surface area contributed by atoms with Crippen LogP contribution in [-0.2, 0) is 4.74 Å². The van der Waals surface area contributed by atoms with Crippen molar-refractivity contribution in [2.24, 2.45) is 5.92 Å². The quantitative estimate of drug-likeness (QED) is 0.891. The van der Waals surface area contributed by atoms with Gasteiger partial charge < -0.3 is 14.8 Å². The molecule has 2 aliphatic rings. The lowest BCUT2D eigenvalue weighted by Crippen LogP contribution is -2.31. The molecule has 2 heterocycles. The minimum absolute atomic E-state index is 0.142. The van der Waals surface area contributed by atoms with E-state index < -0.39 is 0 Å². The molecule has 19 heavy (non-hydrogen) atoms. The van der Waals surface area contributed by atoms with E-state index in [0.717, 1.165) is 13.0 Å². The normalized spacial score (nSPS) is 26.4. The summed E-state index contributed by atoms with van der Waals surface area (Å²) in [4.78, 5) is 12.2. The second-order valence-electron chi connectivity index (χ2n) is 4.86. The van der Waals surface area contributed by atoms with Crippen LogP contribution in [0, 0.1) is 5.92 Å². The standard InChI is InChI=1S/C12H17ClN4O2/c1-2-18-12-16-10(13)15-11(17-12)14-8-5-6-19-9(8)7-3-4-7/h7-9H,2-6H2,1H3,(H,14,15,16,17). The smallest absolute Gasteiger partial charge is 0.322 e. The largest absolute Gasteiger partial charge is 0.464 e. The van der Waals surface area contributed by atoms with Crippen LogP contribution in [0.4, 0.5) is 5.95 Å². The Kier molecular flexibility index (Phi) is 3.70. The van der Waals surface area contributed by atoms with Gasteiger partial charge in [0, 0.05) is 6.61 Å². The lowest BCUT2D eigenvalue weighted by Gasteiger charge is -2.19. The van der Waals surface area contributed by atoms with Crippen molar-refractivity contribution in [1.82, 2.24) is 15.0 Å². The van der Waals surface area contributed by atoms with E-state index >= 15 is 0 Å². The number of nitrogens with zero attached hydrogens (tertiary/aromatic N) is 3. The topological polar surface area (TPSA) is 69.2 Å². The average Bonchev–Trinajstić information content (AvgIpc) is 3.10. The van der Waals surface area contributed by atoms with E-state index in [1.807, 2.05) is 6.92 Å². The van der Waals surface area contributed by atoms with Crippen LogP contribution in [0.1, 0.15) is 26.2 Å². The zero-order valence-corrected chi connectivity index (χ0v) is 11.6. The second-order valence-corrected chi connectivity index (χ2v) is 5.19. The van der Waals surface area contributed by atoms with Gasteiger partial charge in [0.15, 0.2) is 0 Å². The van der Waals surface area contributed by atoms with Crippen molar-refractivity contribution in [3.8, 4) is 6.01 Å². The predicted octanol–water partition coefficient (Wildman–Crippen LogP) is 1.90. The lowest BCUT2D eigenvalue weighted by atomic mass is 10.1. The summed E-state index contributed by atoms with van der Waals surface area (Å²) < 4.78 is 11.0. The van der Waals surface area contributed by atoms with E-state index in [1.165, 1.54) is 12.8 Å². The van der Waals surface area contributed by atoms with Gasteiger partial charge in [-0.25, -0.2) is 0 Å². The Morgan fingerprint density at radius 1 is 1.32 bits per heavy atom. The van der Waals surface area contributed by atoms with Crippen LogP contribution >= 0.6 is 11.6 Å². The highest BCUT2D eigenvalue weighted by atomic mass is 35.5. The number of rotatable bonds is 5. The summed E-state index contributed by atoms with van der Waals surface area (Å²) >= 11 is 5.87. The van der Waals surface area contributed by atoms with Crippen LogP contribution in [0.5, 0.6) is 6.01 Å². The number of hydrogen-bond donors (Lipinski definition) is 1. The third kappa shape index (κ3) is 3.06. The third-order valence-corrected chi connectivity index (χ3v) is 3.57. The Morgan fingerprint density at radius 2 is 2.16 bits per heavy atom. The molecular formula is C12H17ClN4O2. The summed E-state index contributed by atoms with van der Waals surface area (Å²) in [7, 11) is 0. The number of hydrogen-bond acceptors (Lipinski definition) is 6. The molecule has 1 saturated heterocycles. The first-order chi connectivity index (χ1) is 9.26. The van der Waals surface area contributed by atoms with E-state index in [2.05, 4.69) is 20.3 Å². The average molecular weight is 285 g/mol. The maximum absolute atomic E-state index is 5.87. The van der Waals surface area contributed by atoms with Crippen molar-refractivity contribution in [3.05, 3.63) is 5.28 Å². The number of halogens is 1. The van der Waals surface area contributed by atoms with Gasteiger partial charge in [0.1, 0.15) is 0 Å². The fourth-order valence-corrected chi connectivity index (χ4v) is 2.56. The summed E-state index contributed by atoms with van der Waals surface area (Å²) in [6.45, 7) is 3.16. The first-order valence-corrected chi connectivity index (χ1v) is 7.06. The summed E-state index contributed by atoms with van der Waals surface area (Å²) in [5.74, 6) is 1.15. The van der Waals surface area contributed by atoms with Crippen LogP contribution in [-0.4, -0.2) is 40.3 Å². The highest BCUT2D eigenvalue weighted by molar-refractivity contribution is 6.28. The minimum atomic E-state index is 0.142. The van der Waals surface area contributed by atoms with Crippen molar-refractivity contribution in [2.75, 3.05) is 18.5 Å². The zero-order valence-electron chi connectivity index (χ0n) is 10.8. The molecular weight excluding hydrogens is 268 g/mol. The number of aromatic nitrogens is 3. The minimum Gasteiger partial charge on any atom is -0.464 e. The fourth-order valence-electron chi connectivity index (χ4n) is 2.41. The van der Waals surface area contributed by atoms with Crippen molar-refractivity contribution in [3.63, 3.8) is 0 Å². The summed E-state index contributed by atoms with van der Waals surface area (Å²) in [6, 6.07) is 0.507. The van der Waals surface area contributed by atoms with Crippen molar-refractivity contribution >= 4 is 17.5 Å². The Bertz CT molecular complexity index is 455. The molecule has 6 nitrogen and oxygen atoms in total. The van der Waals surface area contributed by atoms with Gasteiger partial charge in [0.05, 0.1) is 18.8 Å². The molecule has 2 fully saturated rings. The highest BCUT2D eigenvalue weighted by Crippen LogP contribution is 2.39. The van der Waals surface area contributed by atoms with Gasteiger partial charge in [0.25, 0.3) is 0 Å².